The van der Waals surface area contributed by atoms with Gasteiger partial charge in [0.15, 0.2) is 0 Å². The smallest absolute Gasteiger partial charge is 0.254 e. The summed E-state index contributed by atoms with van der Waals surface area (Å²) in [6, 6.07) is 9.34. The quantitative estimate of drug-likeness (QED) is 0.724. The second kappa shape index (κ2) is 8.26. The second-order valence-corrected chi connectivity index (χ2v) is 5.46. The Morgan fingerprint density at radius 1 is 1.26 bits per heavy atom. The molecule has 0 spiro atoms. The summed E-state index contributed by atoms with van der Waals surface area (Å²) in [6.07, 6.45) is 2.96. The fourth-order valence-corrected chi connectivity index (χ4v) is 1.99. The van der Waals surface area contributed by atoms with Crippen LogP contribution in [0.4, 0.5) is 0 Å². The zero-order chi connectivity index (χ0) is 16.7. The summed E-state index contributed by atoms with van der Waals surface area (Å²) in [7, 11) is 4.10. The Balaban J connectivity index is 1.94. The Morgan fingerprint density at radius 3 is 2.65 bits per heavy atom. The number of aromatic nitrogens is 1. The molecule has 6 nitrogen and oxygen atoms in total. The molecule has 3 N–H and O–H groups in total. The van der Waals surface area contributed by atoms with Gasteiger partial charge in [-0.1, -0.05) is 12.1 Å². The monoisotopic (exact) mass is 314 g/mol. The number of carbonyl (C=O) groups is 1. The van der Waals surface area contributed by atoms with Gasteiger partial charge in [0, 0.05) is 32.0 Å². The molecule has 0 radical (unpaired) electrons. The maximum absolute atomic E-state index is 11.4. The van der Waals surface area contributed by atoms with Crippen molar-refractivity contribution in [3.8, 4) is 11.5 Å². The number of pyridine rings is 1. The number of carbonyl (C=O) groups excluding carboxylic acids is 1. The van der Waals surface area contributed by atoms with E-state index in [4.69, 9.17) is 10.5 Å². The van der Waals surface area contributed by atoms with Gasteiger partial charge in [0.2, 0.25) is 0 Å². The summed E-state index contributed by atoms with van der Waals surface area (Å²) >= 11 is 0. The molecule has 2 aromatic rings. The van der Waals surface area contributed by atoms with Crippen molar-refractivity contribution in [1.29, 1.82) is 0 Å². The zero-order valence-corrected chi connectivity index (χ0v) is 13.5. The number of hydrogen-bond acceptors (Lipinski definition) is 5. The van der Waals surface area contributed by atoms with Gasteiger partial charge >= 0.3 is 0 Å². The van der Waals surface area contributed by atoms with Gasteiger partial charge in [-0.15, -0.1) is 0 Å². The van der Waals surface area contributed by atoms with Crippen LogP contribution in [-0.4, -0.2) is 43.0 Å². The lowest BCUT2D eigenvalue weighted by atomic mass is 10.2. The van der Waals surface area contributed by atoms with Crippen molar-refractivity contribution in [3.63, 3.8) is 0 Å². The van der Waals surface area contributed by atoms with Crippen LogP contribution in [0.15, 0.2) is 42.7 Å². The molecule has 0 aliphatic carbocycles. The molecule has 2 rings (SSSR count). The number of likely N-dealkylation sites (N-methyl/N-ethyl adjacent to an activating group) is 1. The highest BCUT2D eigenvalue weighted by Gasteiger charge is 2.09. The molecule has 1 amide bonds. The van der Waals surface area contributed by atoms with Gasteiger partial charge in [0.05, 0.1) is 0 Å². The van der Waals surface area contributed by atoms with Crippen LogP contribution >= 0.6 is 0 Å². The summed E-state index contributed by atoms with van der Waals surface area (Å²) in [4.78, 5) is 17.4. The van der Waals surface area contributed by atoms with E-state index in [0.29, 0.717) is 11.5 Å². The largest absolute Gasteiger partial charge is 0.456 e. The number of rotatable bonds is 8. The molecular weight excluding hydrogens is 292 g/mol. The Labute approximate surface area is 136 Å². The minimum Gasteiger partial charge on any atom is -0.456 e. The van der Waals surface area contributed by atoms with Crippen LogP contribution in [-0.2, 0) is 6.54 Å². The number of nitrogens with one attached hydrogen (secondary N) is 1. The number of hydrogen-bond donors (Lipinski definition) is 2. The molecule has 0 saturated carbocycles. The Bertz CT molecular complexity index is 641. The number of benzene rings is 1. The lowest BCUT2D eigenvalue weighted by Gasteiger charge is -2.11. The van der Waals surface area contributed by atoms with Crippen molar-refractivity contribution in [1.82, 2.24) is 15.2 Å². The molecule has 0 aliphatic heterocycles. The van der Waals surface area contributed by atoms with Crippen LogP contribution in [0.2, 0.25) is 0 Å². The first-order chi connectivity index (χ1) is 11.1. The highest BCUT2D eigenvalue weighted by Crippen LogP contribution is 2.24. The third-order valence-electron chi connectivity index (χ3n) is 3.26. The van der Waals surface area contributed by atoms with Gasteiger partial charge in [0.25, 0.3) is 5.91 Å². The summed E-state index contributed by atoms with van der Waals surface area (Å²) < 4.78 is 5.71. The molecular formula is C17H22N4O2. The molecule has 1 aromatic carbocycles. The fraction of sp³-hybridized carbons (Fsp3) is 0.294. The SMILES string of the molecule is CN(C)CCNCc1ccc(Oc2ccncc2C(N)=O)cc1. The van der Waals surface area contributed by atoms with E-state index < -0.39 is 5.91 Å². The number of amides is 1. The molecule has 6 heteroatoms. The van der Waals surface area contributed by atoms with E-state index in [1.807, 2.05) is 38.4 Å². The molecule has 0 saturated heterocycles. The molecule has 0 fully saturated rings. The predicted molar refractivity (Wildman–Crippen MR) is 89.5 cm³/mol. The second-order valence-electron chi connectivity index (χ2n) is 5.46. The zero-order valence-electron chi connectivity index (χ0n) is 13.5. The maximum Gasteiger partial charge on any atom is 0.254 e. The molecule has 23 heavy (non-hydrogen) atoms. The third kappa shape index (κ3) is 5.36. The van der Waals surface area contributed by atoms with Gasteiger partial charge in [-0.3, -0.25) is 9.78 Å². The van der Waals surface area contributed by atoms with E-state index in [1.54, 1.807) is 12.3 Å². The van der Waals surface area contributed by atoms with Crippen LogP contribution < -0.4 is 15.8 Å². The van der Waals surface area contributed by atoms with Gasteiger partial charge in [-0.05, 0) is 37.9 Å². The first-order valence-electron chi connectivity index (χ1n) is 7.42. The fourth-order valence-electron chi connectivity index (χ4n) is 1.99. The number of primary amides is 1. The van der Waals surface area contributed by atoms with Gasteiger partial charge < -0.3 is 20.7 Å². The molecule has 1 aromatic heterocycles. The molecule has 0 unspecified atom stereocenters. The first-order valence-corrected chi connectivity index (χ1v) is 7.42. The van der Waals surface area contributed by atoms with Crippen LogP contribution in [0.3, 0.4) is 0 Å². The normalized spacial score (nSPS) is 10.7. The van der Waals surface area contributed by atoms with Crippen LogP contribution in [0, 0.1) is 0 Å². The Morgan fingerprint density at radius 2 is 2.00 bits per heavy atom. The molecule has 0 aliphatic rings. The molecule has 1 heterocycles. The van der Waals surface area contributed by atoms with E-state index in [0.717, 1.165) is 19.6 Å². The highest BCUT2D eigenvalue weighted by atomic mass is 16.5. The number of nitrogens with two attached hydrogens (primary N) is 1. The molecule has 0 atom stereocenters. The Kier molecular flexibility index (Phi) is 6.08. The summed E-state index contributed by atoms with van der Waals surface area (Å²) in [5, 5.41) is 3.37. The summed E-state index contributed by atoms with van der Waals surface area (Å²) in [6.45, 7) is 2.74. The van der Waals surface area contributed by atoms with Crippen LogP contribution in [0.1, 0.15) is 15.9 Å². The van der Waals surface area contributed by atoms with E-state index in [-0.39, 0.29) is 5.56 Å². The van der Waals surface area contributed by atoms with E-state index in [9.17, 15) is 4.79 Å². The van der Waals surface area contributed by atoms with Gasteiger partial charge in [0.1, 0.15) is 17.1 Å². The average Bonchev–Trinajstić information content (AvgIpc) is 2.53. The summed E-state index contributed by atoms with van der Waals surface area (Å²) in [5.74, 6) is 0.495. The van der Waals surface area contributed by atoms with E-state index >= 15 is 0 Å². The number of nitrogens with zero attached hydrogens (tertiary/aromatic N) is 2. The maximum atomic E-state index is 11.4. The van der Waals surface area contributed by atoms with Crippen molar-refractivity contribution < 1.29 is 9.53 Å². The van der Waals surface area contributed by atoms with Crippen molar-refractivity contribution in [2.24, 2.45) is 5.73 Å². The predicted octanol–water partition coefficient (Wildman–Crippen LogP) is 1.62. The van der Waals surface area contributed by atoms with Crippen molar-refractivity contribution in [2.45, 2.75) is 6.54 Å². The standard InChI is InChI=1S/C17H22N4O2/c1-21(2)10-9-20-11-13-3-5-14(6-4-13)23-16-7-8-19-12-15(16)17(18)22/h3-8,12,20H,9-11H2,1-2H3,(H2,18,22). The number of ether oxygens (including phenoxy) is 1. The van der Waals surface area contributed by atoms with Gasteiger partial charge in [-0.2, -0.15) is 0 Å². The van der Waals surface area contributed by atoms with Gasteiger partial charge in [-0.25, -0.2) is 0 Å². The van der Waals surface area contributed by atoms with E-state index in [2.05, 4.69) is 15.2 Å². The van der Waals surface area contributed by atoms with Crippen molar-refractivity contribution in [2.75, 3.05) is 27.2 Å². The van der Waals surface area contributed by atoms with Crippen molar-refractivity contribution in [3.05, 3.63) is 53.9 Å². The molecule has 0 bridgehead atoms. The summed E-state index contributed by atoms with van der Waals surface area (Å²) in [5.41, 5.74) is 6.74. The highest BCUT2D eigenvalue weighted by molar-refractivity contribution is 5.95. The van der Waals surface area contributed by atoms with E-state index in [1.165, 1.54) is 11.8 Å². The average molecular weight is 314 g/mol. The van der Waals surface area contributed by atoms with Crippen LogP contribution in [0.25, 0.3) is 0 Å². The topological polar surface area (TPSA) is 80.5 Å². The Hall–Kier alpha value is -2.44. The molecule has 122 valence electrons. The first kappa shape index (κ1) is 16.9. The minimum absolute atomic E-state index is 0.266. The third-order valence-corrected chi connectivity index (χ3v) is 3.26. The lowest BCUT2D eigenvalue weighted by Crippen LogP contribution is -2.26. The minimum atomic E-state index is -0.560. The lowest BCUT2D eigenvalue weighted by molar-refractivity contribution is 0.0997. The van der Waals surface area contributed by atoms with Crippen molar-refractivity contribution >= 4 is 5.91 Å². The van der Waals surface area contributed by atoms with Crippen LogP contribution in [0.5, 0.6) is 11.5 Å².